The number of ether oxygens (including phenoxy) is 1. The fourth-order valence-corrected chi connectivity index (χ4v) is 2.86. The largest absolute Gasteiger partial charge is 0.492 e. The second-order valence-corrected chi connectivity index (χ2v) is 5.73. The Morgan fingerprint density at radius 2 is 2.11 bits per heavy atom. The first-order valence-corrected chi connectivity index (χ1v) is 7.08. The maximum Gasteiger partial charge on any atom is 0.196 e. The van der Waals surface area contributed by atoms with E-state index < -0.39 is 0 Å². The number of hydrogen-bond acceptors (Lipinski definition) is 2. The lowest BCUT2D eigenvalue weighted by Crippen LogP contribution is -2.04. The number of benzene rings is 2. The summed E-state index contributed by atoms with van der Waals surface area (Å²) in [5.74, 6) is 0.608. The van der Waals surface area contributed by atoms with Gasteiger partial charge < -0.3 is 4.74 Å². The Labute approximate surface area is 124 Å². The van der Waals surface area contributed by atoms with E-state index in [1.165, 1.54) is 0 Å². The zero-order valence-corrected chi connectivity index (χ0v) is 12.3. The number of ketones is 1. The van der Waals surface area contributed by atoms with E-state index in [4.69, 9.17) is 16.3 Å². The fraction of sp³-hybridized carbons (Fsp3) is 0.133. The molecule has 2 aromatic carbocycles. The highest BCUT2D eigenvalue weighted by atomic mass is 79.9. The number of carbonyl (C=O) groups is 1. The zero-order valence-electron chi connectivity index (χ0n) is 9.95. The fourth-order valence-electron chi connectivity index (χ4n) is 2.22. The molecule has 0 radical (unpaired) electrons. The van der Waals surface area contributed by atoms with Gasteiger partial charge in [-0.1, -0.05) is 39.7 Å². The molecule has 4 heteroatoms. The van der Waals surface area contributed by atoms with Crippen molar-refractivity contribution in [1.29, 1.82) is 0 Å². The van der Waals surface area contributed by atoms with Gasteiger partial charge in [0.25, 0.3) is 0 Å². The van der Waals surface area contributed by atoms with E-state index in [-0.39, 0.29) is 5.78 Å². The van der Waals surface area contributed by atoms with Crippen LogP contribution in [0, 0.1) is 0 Å². The molecule has 0 N–H and O–H groups in total. The van der Waals surface area contributed by atoms with Gasteiger partial charge in [0.1, 0.15) is 5.75 Å². The molecule has 1 heterocycles. The van der Waals surface area contributed by atoms with Gasteiger partial charge in [0.05, 0.1) is 12.2 Å². The van der Waals surface area contributed by atoms with Gasteiger partial charge in [-0.15, -0.1) is 0 Å². The van der Waals surface area contributed by atoms with Crippen molar-refractivity contribution in [3.63, 3.8) is 0 Å². The summed E-state index contributed by atoms with van der Waals surface area (Å²) >= 11 is 9.44. The molecule has 0 saturated carbocycles. The number of carbonyl (C=O) groups excluding carboxylic acids is 1. The maximum atomic E-state index is 12.6. The summed E-state index contributed by atoms with van der Waals surface area (Å²) in [4.78, 5) is 12.6. The maximum absolute atomic E-state index is 12.6. The average Bonchev–Trinajstić information content (AvgIpc) is 2.85. The molecule has 0 fully saturated rings. The van der Waals surface area contributed by atoms with E-state index in [0.29, 0.717) is 28.5 Å². The van der Waals surface area contributed by atoms with Crippen LogP contribution in [0.15, 0.2) is 40.9 Å². The first kappa shape index (κ1) is 12.7. The van der Waals surface area contributed by atoms with Gasteiger partial charge in [-0.25, -0.2) is 0 Å². The summed E-state index contributed by atoms with van der Waals surface area (Å²) in [5.41, 5.74) is 2.17. The molecule has 0 bridgehead atoms. The second-order valence-electron chi connectivity index (χ2n) is 4.38. The molecule has 0 aliphatic carbocycles. The minimum atomic E-state index is -0.0676. The number of halogens is 2. The van der Waals surface area contributed by atoms with Crippen LogP contribution in [0.4, 0.5) is 0 Å². The Hall–Kier alpha value is -1.32. The van der Waals surface area contributed by atoms with Crippen LogP contribution >= 0.6 is 27.5 Å². The Morgan fingerprint density at radius 1 is 1.26 bits per heavy atom. The third-order valence-corrected chi connectivity index (χ3v) is 3.79. The molecule has 0 aromatic heterocycles. The van der Waals surface area contributed by atoms with E-state index in [1.54, 1.807) is 18.2 Å². The SMILES string of the molecule is O=C(c1cccc(Br)c1)c1cc(Cl)cc2c1OCC2. The van der Waals surface area contributed by atoms with Gasteiger partial charge >= 0.3 is 0 Å². The van der Waals surface area contributed by atoms with Crippen LogP contribution in [0.2, 0.25) is 5.02 Å². The third kappa shape index (κ3) is 2.40. The molecule has 96 valence electrons. The number of hydrogen-bond donors (Lipinski definition) is 0. The predicted molar refractivity (Wildman–Crippen MR) is 78.2 cm³/mol. The van der Waals surface area contributed by atoms with Crippen LogP contribution < -0.4 is 4.74 Å². The summed E-state index contributed by atoms with van der Waals surface area (Å²) in [6.07, 6.45) is 0.800. The zero-order chi connectivity index (χ0) is 13.4. The summed E-state index contributed by atoms with van der Waals surface area (Å²) < 4.78 is 6.44. The average molecular weight is 338 g/mol. The smallest absolute Gasteiger partial charge is 0.196 e. The first-order chi connectivity index (χ1) is 9.15. The molecular weight excluding hydrogens is 328 g/mol. The van der Waals surface area contributed by atoms with Crippen LogP contribution in [0.1, 0.15) is 21.5 Å². The molecule has 3 rings (SSSR count). The standard InChI is InChI=1S/C15H10BrClO2/c16-11-3-1-2-9(6-11)14(18)13-8-12(17)7-10-4-5-19-15(10)13/h1-3,6-8H,4-5H2. The van der Waals surface area contributed by atoms with Gasteiger partial charge in [0.2, 0.25) is 0 Å². The van der Waals surface area contributed by atoms with E-state index in [1.807, 2.05) is 18.2 Å². The van der Waals surface area contributed by atoms with Crippen LogP contribution in [-0.4, -0.2) is 12.4 Å². The van der Waals surface area contributed by atoms with E-state index in [2.05, 4.69) is 15.9 Å². The first-order valence-electron chi connectivity index (χ1n) is 5.90. The highest BCUT2D eigenvalue weighted by molar-refractivity contribution is 9.10. The monoisotopic (exact) mass is 336 g/mol. The van der Waals surface area contributed by atoms with Gasteiger partial charge in [-0.2, -0.15) is 0 Å². The summed E-state index contributed by atoms with van der Waals surface area (Å²) in [7, 11) is 0. The molecule has 19 heavy (non-hydrogen) atoms. The van der Waals surface area contributed by atoms with Crippen molar-refractivity contribution in [1.82, 2.24) is 0 Å². The highest BCUT2D eigenvalue weighted by Crippen LogP contribution is 2.34. The van der Waals surface area contributed by atoms with Crippen LogP contribution in [0.5, 0.6) is 5.75 Å². The molecule has 1 aliphatic rings. The number of rotatable bonds is 2. The molecule has 0 amide bonds. The normalized spacial score (nSPS) is 12.9. The van der Waals surface area contributed by atoms with Gasteiger partial charge in [-0.3, -0.25) is 4.79 Å². The van der Waals surface area contributed by atoms with Gasteiger partial charge in [0.15, 0.2) is 5.78 Å². The van der Waals surface area contributed by atoms with Crippen molar-refractivity contribution in [2.24, 2.45) is 0 Å². The van der Waals surface area contributed by atoms with Crippen molar-refractivity contribution >= 4 is 33.3 Å². The lowest BCUT2D eigenvalue weighted by molar-refractivity contribution is 0.103. The Kier molecular flexibility index (Phi) is 3.33. The minimum absolute atomic E-state index is 0.0676. The lowest BCUT2D eigenvalue weighted by atomic mass is 10.00. The molecule has 0 spiro atoms. The van der Waals surface area contributed by atoms with Crippen molar-refractivity contribution in [2.75, 3.05) is 6.61 Å². The Morgan fingerprint density at radius 3 is 2.89 bits per heavy atom. The highest BCUT2D eigenvalue weighted by Gasteiger charge is 2.22. The van der Waals surface area contributed by atoms with Crippen LogP contribution in [0.3, 0.4) is 0 Å². The van der Waals surface area contributed by atoms with E-state index >= 15 is 0 Å². The van der Waals surface area contributed by atoms with Crippen LogP contribution in [0.25, 0.3) is 0 Å². The Bertz CT molecular complexity index is 667. The quantitative estimate of drug-likeness (QED) is 0.765. The third-order valence-electron chi connectivity index (χ3n) is 3.08. The molecular formula is C15H10BrClO2. The van der Waals surface area contributed by atoms with Gasteiger partial charge in [0, 0.05) is 21.5 Å². The summed E-state index contributed by atoms with van der Waals surface area (Å²) in [6, 6.07) is 10.8. The molecule has 0 atom stereocenters. The molecule has 2 nitrogen and oxygen atoms in total. The van der Waals surface area contributed by atoms with Crippen molar-refractivity contribution in [3.8, 4) is 5.75 Å². The molecule has 0 saturated heterocycles. The molecule has 1 aliphatic heterocycles. The van der Waals surface area contributed by atoms with Gasteiger partial charge in [-0.05, 0) is 29.8 Å². The Balaban J connectivity index is 2.10. The molecule has 2 aromatic rings. The topological polar surface area (TPSA) is 26.3 Å². The van der Waals surface area contributed by atoms with Crippen molar-refractivity contribution in [2.45, 2.75) is 6.42 Å². The summed E-state index contributed by atoms with van der Waals surface area (Å²) in [6.45, 7) is 0.606. The second kappa shape index (κ2) is 4.99. The van der Waals surface area contributed by atoms with Crippen LogP contribution in [-0.2, 0) is 6.42 Å². The van der Waals surface area contributed by atoms with E-state index in [9.17, 15) is 4.79 Å². The lowest BCUT2D eigenvalue weighted by Gasteiger charge is -2.08. The summed E-state index contributed by atoms with van der Waals surface area (Å²) in [5, 5.41) is 0.572. The number of fused-ring (bicyclic) bond motifs is 1. The van der Waals surface area contributed by atoms with E-state index in [0.717, 1.165) is 16.5 Å². The minimum Gasteiger partial charge on any atom is -0.492 e. The van der Waals surface area contributed by atoms with Crippen molar-refractivity contribution < 1.29 is 9.53 Å². The molecule has 0 unspecified atom stereocenters. The predicted octanol–water partition coefficient (Wildman–Crippen LogP) is 4.27. The van der Waals surface area contributed by atoms with Crippen molar-refractivity contribution in [3.05, 3.63) is 62.6 Å².